The van der Waals surface area contributed by atoms with Gasteiger partial charge in [0, 0.05) is 12.0 Å². The van der Waals surface area contributed by atoms with Crippen LogP contribution in [0.25, 0.3) is 28.1 Å². The largest absolute Gasteiger partial charge is 0.490 e. The van der Waals surface area contributed by atoms with Gasteiger partial charge in [0.15, 0.2) is 17.2 Å². The standard InChI is InChI=1S/C22H17FN6O2/c1-12-5-6-15-18(9-12)28(11-25-15)21-24-10-16-20(27-21)29(22(30)26-16)17-7-8-31-19-13(17)3-2-4-14(19)23/h2-6,9-11,17H,7-8H2,1H3,(H,26,30). The molecule has 1 aliphatic heterocycles. The number of para-hydroxylation sites is 1. The minimum absolute atomic E-state index is 0.186. The van der Waals surface area contributed by atoms with E-state index in [-0.39, 0.29) is 11.4 Å². The Morgan fingerprint density at radius 2 is 2.13 bits per heavy atom. The SMILES string of the molecule is Cc1ccc2ncn(-c3ncc4[nH]c(=O)n(C5CCOc6c(F)cccc65)c4n3)c2c1. The molecule has 1 unspecified atom stereocenters. The van der Waals surface area contributed by atoms with E-state index >= 15 is 0 Å². The molecule has 1 aliphatic rings. The van der Waals surface area contributed by atoms with Crippen LogP contribution in [0, 0.1) is 12.7 Å². The number of hydrogen-bond donors (Lipinski definition) is 1. The minimum Gasteiger partial charge on any atom is -0.490 e. The first kappa shape index (κ1) is 17.8. The third-order valence-corrected chi connectivity index (χ3v) is 5.67. The summed E-state index contributed by atoms with van der Waals surface area (Å²) in [5.74, 6) is 0.149. The van der Waals surface area contributed by atoms with E-state index in [9.17, 15) is 9.18 Å². The molecule has 154 valence electrons. The van der Waals surface area contributed by atoms with Crippen LogP contribution in [0.2, 0.25) is 0 Å². The second kappa shape index (κ2) is 6.49. The van der Waals surface area contributed by atoms with Gasteiger partial charge in [-0.25, -0.2) is 19.2 Å². The van der Waals surface area contributed by atoms with Crippen molar-refractivity contribution in [3.05, 3.63) is 76.4 Å². The highest BCUT2D eigenvalue weighted by Gasteiger charge is 2.28. The number of ether oxygens (including phenoxy) is 1. The molecule has 1 N–H and O–H groups in total. The predicted octanol–water partition coefficient (Wildman–Crippen LogP) is 3.28. The molecule has 5 aromatic rings. The number of halogens is 1. The summed E-state index contributed by atoms with van der Waals surface area (Å²) in [6.07, 6.45) is 3.78. The number of fused-ring (bicyclic) bond motifs is 3. The summed E-state index contributed by atoms with van der Waals surface area (Å²) in [7, 11) is 0. The molecular formula is C22H17FN6O2. The molecule has 2 aromatic carbocycles. The minimum atomic E-state index is -0.439. The third-order valence-electron chi connectivity index (χ3n) is 5.67. The number of imidazole rings is 2. The number of hydrogen-bond acceptors (Lipinski definition) is 5. The van der Waals surface area contributed by atoms with E-state index in [1.165, 1.54) is 6.07 Å². The smallest absolute Gasteiger partial charge is 0.328 e. The van der Waals surface area contributed by atoms with Gasteiger partial charge in [-0.05, 0) is 30.7 Å². The van der Waals surface area contributed by atoms with Crippen LogP contribution < -0.4 is 10.4 Å². The molecular weight excluding hydrogens is 399 g/mol. The molecule has 0 amide bonds. The zero-order valence-electron chi connectivity index (χ0n) is 16.5. The summed E-state index contributed by atoms with van der Waals surface area (Å²) in [5.41, 5.74) is 4.06. The lowest BCUT2D eigenvalue weighted by Crippen LogP contribution is -2.28. The Balaban J connectivity index is 1.56. The molecule has 0 aliphatic carbocycles. The van der Waals surface area contributed by atoms with Crippen molar-refractivity contribution in [3.63, 3.8) is 0 Å². The van der Waals surface area contributed by atoms with E-state index in [0.29, 0.717) is 35.7 Å². The third kappa shape index (κ3) is 2.66. The Labute approximate surface area is 175 Å². The second-order valence-electron chi connectivity index (χ2n) is 7.63. The fourth-order valence-corrected chi connectivity index (χ4v) is 4.23. The van der Waals surface area contributed by atoms with Gasteiger partial charge in [0.2, 0.25) is 5.95 Å². The summed E-state index contributed by atoms with van der Waals surface area (Å²) < 4.78 is 23.2. The highest BCUT2D eigenvalue weighted by atomic mass is 19.1. The molecule has 9 heteroatoms. The van der Waals surface area contributed by atoms with Crippen molar-refractivity contribution in [1.82, 2.24) is 29.1 Å². The fourth-order valence-electron chi connectivity index (χ4n) is 4.23. The van der Waals surface area contributed by atoms with Gasteiger partial charge in [0.05, 0.1) is 29.9 Å². The lowest BCUT2D eigenvalue weighted by molar-refractivity contribution is 0.244. The monoisotopic (exact) mass is 416 g/mol. The van der Waals surface area contributed by atoms with Crippen molar-refractivity contribution in [2.75, 3.05) is 6.61 Å². The lowest BCUT2D eigenvalue weighted by atomic mass is 10.00. The fraction of sp³-hybridized carbons (Fsp3) is 0.182. The summed E-state index contributed by atoms with van der Waals surface area (Å²) in [6.45, 7) is 2.31. The quantitative estimate of drug-likeness (QED) is 0.477. The van der Waals surface area contributed by atoms with Crippen molar-refractivity contribution in [1.29, 1.82) is 0 Å². The van der Waals surface area contributed by atoms with E-state index in [1.807, 2.05) is 25.1 Å². The number of nitrogens with one attached hydrogen (secondary N) is 1. The summed E-state index contributed by atoms with van der Waals surface area (Å²) in [5, 5.41) is 0. The van der Waals surface area contributed by atoms with Crippen molar-refractivity contribution in [2.45, 2.75) is 19.4 Å². The molecule has 4 heterocycles. The number of benzene rings is 2. The van der Waals surface area contributed by atoms with Gasteiger partial charge in [-0.15, -0.1) is 0 Å². The van der Waals surface area contributed by atoms with Crippen LogP contribution in [0.1, 0.15) is 23.6 Å². The van der Waals surface area contributed by atoms with Gasteiger partial charge in [0.25, 0.3) is 0 Å². The number of aromatic amines is 1. The van der Waals surface area contributed by atoms with Crippen LogP contribution in [-0.4, -0.2) is 35.7 Å². The van der Waals surface area contributed by atoms with Crippen molar-refractivity contribution >= 4 is 22.2 Å². The van der Waals surface area contributed by atoms with Crippen LogP contribution in [0.3, 0.4) is 0 Å². The molecule has 0 radical (unpaired) electrons. The maximum absolute atomic E-state index is 14.3. The van der Waals surface area contributed by atoms with E-state index in [0.717, 1.165) is 16.6 Å². The molecule has 3 aromatic heterocycles. The van der Waals surface area contributed by atoms with Gasteiger partial charge < -0.3 is 9.72 Å². The molecule has 8 nitrogen and oxygen atoms in total. The van der Waals surface area contributed by atoms with E-state index in [2.05, 4.69) is 15.0 Å². The van der Waals surface area contributed by atoms with Gasteiger partial charge in [0.1, 0.15) is 11.8 Å². The second-order valence-corrected chi connectivity index (χ2v) is 7.63. The summed E-state index contributed by atoms with van der Waals surface area (Å²) in [4.78, 5) is 29.2. The highest BCUT2D eigenvalue weighted by Crippen LogP contribution is 2.36. The zero-order valence-corrected chi connectivity index (χ0v) is 16.5. The number of nitrogens with zero attached hydrogens (tertiary/aromatic N) is 5. The zero-order chi connectivity index (χ0) is 21.1. The Kier molecular flexibility index (Phi) is 3.73. The Hall–Kier alpha value is -4.01. The summed E-state index contributed by atoms with van der Waals surface area (Å²) >= 11 is 0. The topological polar surface area (TPSA) is 90.6 Å². The molecule has 0 spiro atoms. The van der Waals surface area contributed by atoms with Crippen molar-refractivity contribution < 1.29 is 9.13 Å². The molecule has 6 rings (SSSR count). The number of rotatable bonds is 2. The highest BCUT2D eigenvalue weighted by molar-refractivity contribution is 5.78. The first-order valence-corrected chi connectivity index (χ1v) is 9.93. The van der Waals surface area contributed by atoms with Crippen LogP contribution in [0.4, 0.5) is 4.39 Å². The van der Waals surface area contributed by atoms with Crippen LogP contribution >= 0.6 is 0 Å². The lowest BCUT2D eigenvalue weighted by Gasteiger charge is -2.26. The summed E-state index contributed by atoms with van der Waals surface area (Å²) in [6, 6.07) is 10.3. The molecule has 0 fully saturated rings. The molecule has 0 bridgehead atoms. The van der Waals surface area contributed by atoms with Gasteiger partial charge in [-0.1, -0.05) is 18.2 Å². The van der Waals surface area contributed by atoms with E-state index < -0.39 is 11.9 Å². The average molecular weight is 416 g/mol. The molecule has 1 atom stereocenters. The normalized spacial score (nSPS) is 15.9. The maximum Gasteiger partial charge on any atom is 0.328 e. The van der Waals surface area contributed by atoms with Gasteiger partial charge >= 0.3 is 5.69 Å². The molecule has 31 heavy (non-hydrogen) atoms. The number of aromatic nitrogens is 6. The maximum atomic E-state index is 14.3. The van der Waals surface area contributed by atoms with Gasteiger partial charge in [-0.2, -0.15) is 4.98 Å². The van der Waals surface area contributed by atoms with Crippen molar-refractivity contribution in [3.8, 4) is 11.7 Å². The first-order valence-electron chi connectivity index (χ1n) is 9.93. The number of aryl methyl sites for hydroxylation is 1. The Morgan fingerprint density at radius 3 is 3.03 bits per heavy atom. The molecule has 0 saturated carbocycles. The van der Waals surface area contributed by atoms with Crippen LogP contribution in [0.15, 0.2) is 53.7 Å². The Bertz CT molecular complexity index is 1530. The van der Waals surface area contributed by atoms with E-state index in [4.69, 9.17) is 9.72 Å². The molecule has 0 saturated heterocycles. The van der Waals surface area contributed by atoms with E-state index in [1.54, 1.807) is 33.8 Å². The average Bonchev–Trinajstić information content (AvgIpc) is 3.33. The van der Waals surface area contributed by atoms with Crippen LogP contribution in [-0.2, 0) is 0 Å². The first-order chi connectivity index (χ1) is 15.1. The van der Waals surface area contributed by atoms with Crippen LogP contribution in [0.5, 0.6) is 5.75 Å². The Morgan fingerprint density at radius 1 is 1.23 bits per heavy atom. The number of H-pyrrole nitrogens is 1. The van der Waals surface area contributed by atoms with Gasteiger partial charge in [-0.3, -0.25) is 9.13 Å². The predicted molar refractivity (Wildman–Crippen MR) is 112 cm³/mol. The van der Waals surface area contributed by atoms with Crippen molar-refractivity contribution in [2.24, 2.45) is 0 Å².